The lowest BCUT2D eigenvalue weighted by molar-refractivity contribution is -0.142. The van der Waals surface area contributed by atoms with E-state index < -0.39 is 62.6 Å². The summed E-state index contributed by atoms with van der Waals surface area (Å²) in [7, 11) is -2.32. The first kappa shape index (κ1) is 37.2. The molecule has 0 spiro atoms. The Kier molecular flexibility index (Phi) is 9.99. The molecule has 7 aliphatic rings. The van der Waals surface area contributed by atoms with Crippen molar-refractivity contribution in [3.63, 3.8) is 0 Å². The van der Waals surface area contributed by atoms with Crippen molar-refractivity contribution in [1.82, 2.24) is 30.1 Å². The number of sulfonamides is 1. The maximum Gasteiger partial charge on any atom is 0.318 e. The second kappa shape index (κ2) is 14.8. The zero-order chi connectivity index (χ0) is 38.5. The summed E-state index contributed by atoms with van der Waals surface area (Å²) in [5.74, 6) is -1.59. The Labute approximate surface area is 320 Å². The quantitative estimate of drug-likeness (QED) is 0.337. The van der Waals surface area contributed by atoms with E-state index in [-0.39, 0.29) is 37.4 Å². The SMILES string of the molecule is C=C[C@@H]1C[C@]1(NC(=O)[C@@H]1C[C@@H]2CN1C(=O)[C@H](C1CCCCC1)NC(=O)N1CC(C1)OC/C=C/c1cc3ccc(OC)cc3nc1O2)C(=O)NS(=O)(=O)C1CC1. The molecule has 4 aliphatic heterocycles. The Morgan fingerprint density at radius 2 is 1.85 bits per heavy atom. The Balaban J connectivity index is 1.14. The number of rotatable bonds is 8. The summed E-state index contributed by atoms with van der Waals surface area (Å²) < 4.78 is 45.8. The van der Waals surface area contributed by atoms with Gasteiger partial charge in [0.25, 0.3) is 5.91 Å². The largest absolute Gasteiger partial charge is 0.497 e. The van der Waals surface area contributed by atoms with E-state index in [9.17, 15) is 27.6 Å². The van der Waals surface area contributed by atoms with Crippen LogP contribution in [0, 0.1) is 11.8 Å². The highest BCUT2D eigenvalue weighted by Gasteiger charge is 2.62. The summed E-state index contributed by atoms with van der Waals surface area (Å²) >= 11 is 0. The molecule has 0 radical (unpaired) electrons. The lowest BCUT2D eigenvalue weighted by Crippen LogP contribution is -2.63. The van der Waals surface area contributed by atoms with Gasteiger partial charge in [-0.05, 0) is 56.2 Å². The van der Waals surface area contributed by atoms with E-state index in [1.807, 2.05) is 30.4 Å². The smallest absolute Gasteiger partial charge is 0.318 e. The van der Waals surface area contributed by atoms with E-state index >= 15 is 0 Å². The lowest BCUT2D eigenvalue weighted by Gasteiger charge is -2.41. The minimum atomic E-state index is -3.89. The molecule has 294 valence electrons. The van der Waals surface area contributed by atoms with Crippen LogP contribution >= 0.6 is 0 Å². The fourth-order valence-corrected chi connectivity index (χ4v) is 9.73. The maximum atomic E-state index is 14.8. The zero-order valence-corrected chi connectivity index (χ0v) is 31.7. The average Bonchev–Trinajstić information content (AvgIpc) is 4.09. The van der Waals surface area contributed by atoms with Gasteiger partial charge in [-0.15, -0.1) is 6.58 Å². The molecule has 4 bridgehead atoms. The number of benzene rings is 1. The third kappa shape index (κ3) is 7.50. The summed E-state index contributed by atoms with van der Waals surface area (Å²) in [6.07, 6.45) is 9.88. The van der Waals surface area contributed by atoms with Crippen LogP contribution in [-0.4, -0.2) is 115 Å². The summed E-state index contributed by atoms with van der Waals surface area (Å²) in [6.45, 7) is 4.86. The average molecular weight is 777 g/mol. The van der Waals surface area contributed by atoms with Gasteiger partial charge in [-0.3, -0.25) is 19.1 Å². The molecule has 3 saturated carbocycles. The second-order valence-corrected chi connectivity index (χ2v) is 17.7. The van der Waals surface area contributed by atoms with E-state index in [0.29, 0.717) is 55.2 Å². The van der Waals surface area contributed by atoms with Crippen LogP contribution in [0.2, 0.25) is 0 Å². The van der Waals surface area contributed by atoms with Gasteiger partial charge < -0.3 is 34.6 Å². The normalized spacial score (nSPS) is 30.5. The van der Waals surface area contributed by atoms with Crippen LogP contribution in [0.15, 0.2) is 43.0 Å². The number of methoxy groups -OCH3 is 1. The van der Waals surface area contributed by atoms with Gasteiger partial charge in [0.1, 0.15) is 29.5 Å². The monoisotopic (exact) mass is 776 g/mol. The number of nitrogens with one attached hydrogen (secondary N) is 3. The van der Waals surface area contributed by atoms with E-state index in [2.05, 4.69) is 21.9 Å². The van der Waals surface area contributed by atoms with Gasteiger partial charge in [-0.2, -0.15) is 0 Å². The highest BCUT2D eigenvalue weighted by molar-refractivity contribution is 7.91. The first-order valence-corrected chi connectivity index (χ1v) is 20.8. The Hall–Kier alpha value is -4.70. The number of urea groups is 1. The third-order valence-electron chi connectivity index (χ3n) is 11.9. The van der Waals surface area contributed by atoms with Gasteiger partial charge in [0.15, 0.2) is 0 Å². The number of nitrogens with zero attached hydrogens (tertiary/aromatic N) is 3. The molecular weight excluding hydrogens is 729 g/mol. The molecule has 2 saturated heterocycles. The molecule has 3 aliphatic carbocycles. The molecule has 1 aromatic heterocycles. The standard InChI is InChI=1S/C39H48N6O9S/c1-3-26-19-39(26,37(48)43-55(50,51)30-13-14-30)42-34(46)32-18-28-22-45(32)36(47)33(23-8-5-4-6-9-23)41-38(49)44-20-29(21-44)53-15-7-10-25-16-24-11-12-27(52-2)17-31(24)40-35(25)54-28/h3,7,10-12,16-17,23,26,28-30,32-33H,1,4-6,8-9,13-15,18-22H2,2H3,(H,41,49)(H,42,46)(H,43,48)/b10-7+/t26-,28-,32+,33+,39-/m1/s1. The minimum Gasteiger partial charge on any atom is -0.497 e. The molecule has 16 heteroatoms. The van der Waals surface area contributed by atoms with Crippen molar-refractivity contribution < 1.29 is 41.8 Å². The summed E-state index contributed by atoms with van der Waals surface area (Å²) in [5, 5.41) is 6.10. The molecule has 5 atom stereocenters. The number of carbonyl (C=O) groups excluding carboxylic acids is 4. The fraction of sp³-hybridized carbons (Fsp3) is 0.564. The molecule has 0 unspecified atom stereocenters. The van der Waals surface area contributed by atoms with Gasteiger partial charge in [0.05, 0.1) is 50.2 Å². The number of carbonyl (C=O) groups is 4. The Morgan fingerprint density at radius 1 is 1.07 bits per heavy atom. The molecule has 5 amide bonds. The number of ether oxygens (including phenoxy) is 3. The first-order chi connectivity index (χ1) is 26.5. The van der Waals surface area contributed by atoms with Crippen molar-refractivity contribution in [1.29, 1.82) is 0 Å². The first-order valence-electron chi connectivity index (χ1n) is 19.3. The Morgan fingerprint density at radius 3 is 2.56 bits per heavy atom. The van der Waals surface area contributed by atoms with E-state index in [1.54, 1.807) is 18.1 Å². The third-order valence-corrected chi connectivity index (χ3v) is 13.7. The fourth-order valence-electron chi connectivity index (χ4n) is 8.37. The predicted octanol–water partition coefficient (Wildman–Crippen LogP) is 2.65. The van der Waals surface area contributed by atoms with Crippen LogP contribution < -0.4 is 24.8 Å². The number of hydrogen-bond acceptors (Lipinski definition) is 10. The van der Waals surface area contributed by atoms with Crippen molar-refractivity contribution >= 4 is 50.8 Å². The molecule has 3 N–H and O–H groups in total. The van der Waals surface area contributed by atoms with Crippen molar-refractivity contribution in [3.05, 3.63) is 48.6 Å². The maximum absolute atomic E-state index is 14.8. The van der Waals surface area contributed by atoms with E-state index in [4.69, 9.17) is 19.2 Å². The van der Waals surface area contributed by atoms with Crippen LogP contribution in [0.1, 0.15) is 63.4 Å². The predicted molar refractivity (Wildman–Crippen MR) is 201 cm³/mol. The number of hydrogen-bond donors (Lipinski definition) is 3. The molecule has 5 fully saturated rings. The second-order valence-electron chi connectivity index (χ2n) is 15.7. The molecule has 9 rings (SSSR count). The van der Waals surface area contributed by atoms with Crippen molar-refractivity contribution in [2.45, 2.75) is 92.9 Å². The highest BCUT2D eigenvalue weighted by atomic mass is 32.2. The topological polar surface area (TPSA) is 186 Å². The van der Waals surface area contributed by atoms with Gasteiger partial charge in [0, 0.05) is 29.4 Å². The molecular formula is C39H48N6O9S. The van der Waals surface area contributed by atoms with Gasteiger partial charge >= 0.3 is 6.03 Å². The summed E-state index contributed by atoms with van der Waals surface area (Å²) in [4.78, 5) is 64.4. The van der Waals surface area contributed by atoms with Gasteiger partial charge in [-0.25, -0.2) is 18.2 Å². The molecule has 55 heavy (non-hydrogen) atoms. The van der Waals surface area contributed by atoms with E-state index in [0.717, 1.165) is 37.5 Å². The van der Waals surface area contributed by atoms with Crippen molar-refractivity contribution in [3.8, 4) is 11.6 Å². The summed E-state index contributed by atoms with van der Waals surface area (Å²) in [6, 6.07) is 5.12. The molecule has 15 nitrogen and oxygen atoms in total. The lowest BCUT2D eigenvalue weighted by atomic mass is 9.83. The molecule has 5 heterocycles. The highest BCUT2D eigenvalue weighted by Crippen LogP contribution is 2.45. The summed E-state index contributed by atoms with van der Waals surface area (Å²) in [5.41, 5.74) is -0.240. The number of aromatic nitrogens is 1. The van der Waals surface area contributed by atoms with Crippen molar-refractivity contribution in [2.75, 3.05) is 33.4 Å². The van der Waals surface area contributed by atoms with Crippen LogP contribution in [0.4, 0.5) is 4.79 Å². The molecule has 2 aromatic rings. The minimum absolute atomic E-state index is 0.00599. The van der Waals surface area contributed by atoms with Crippen LogP contribution in [-0.2, 0) is 29.1 Å². The number of pyridine rings is 1. The molecule has 1 aromatic carbocycles. The van der Waals surface area contributed by atoms with Crippen LogP contribution in [0.3, 0.4) is 0 Å². The Bertz CT molecular complexity index is 2030. The van der Waals surface area contributed by atoms with Crippen LogP contribution in [0.5, 0.6) is 11.6 Å². The number of amides is 5. The number of fused-ring (bicyclic) bond motifs is 6. The van der Waals surface area contributed by atoms with Gasteiger partial charge in [-0.1, -0.05) is 37.5 Å². The van der Waals surface area contributed by atoms with Gasteiger partial charge in [0.2, 0.25) is 27.7 Å². The van der Waals surface area contributed by atoms with E-state index in [1.165, 1.54) is 11.0 Å². The van der Waals surface area contributed by atoms with Crippen molar-refractivity contribution in [2.24, 2.45) is 11.8 Å². The zero-order valence-electron chi connectivity index (χ0n) is 30.9. The van der Waals surface area contributed by atoms with Crippen LogP contribution in [0.25, 0.3) is 17.0 Å².